The molecule has 1 heterocycles. The Morgan fingerprint density at radius 1 is 1.35 bits per heavy atom. The maximum atomic E-state index is 11.8. The van der Waals surface area contributed by atoms with Crippen LogP contribution < -0.4 is 5.73 Å². The van der Waals surface area contributed by atoms with Crippen molar-refractivity contribution in [1.29, 1.82) is 0 Å². The molecule has 0 bridgehead atoms. The molecule has 0 spiro atoms. The number of nitrogens with two attached hydrogens (primary N) is 1. The van der Waals surface area contributed by atoms with Gasteiger partial charge in [-0.15, -0.1) is 5.10 Å². The summed E-state index contributed by atoms with van der Waals surface area (Å²) in [6.07, 6.45) is -0.218. The van der Waals surface area contributed by atoms with E-state index in [1.807, 2.05) is 31.2 Å². The predicted molar refractivity (Wildman–Crippen MR) is 75.3 cm³/mol. The highest BCUT2D eigenvalue weighted by Crippen LogP contribution is 2.13. The molecule has 20 heavy (non-hydrogen) atoms. The van der Waals surface area contributed by atoms with Crippen molar-refractivity contribution in [1.82, 2.24) is 15.0 Å². The Bertz CT molecular complexity index is 602. The lowest BCUT2D eigenvalue weighted by atomic mass is 10.1. The molecule has 2 rings (SSSR count). The number of rotatable bonds is 4. The first-order valence-electron chi connectivity index (χ1n) is 6.43. The van der Waals surface area contributed by atoms with Gasteiger partial charge in [-0.2, -0.15) is 0 Å². The van der Waals surface area contributed by atoms with Crippen LogP contribution in [0.15, 0.2) is 24.3 Å². The number of ether oxygens (including phenoxy) is 1. The summed E-state index contributed by atoms with van der Waals surface area (Å²) in [5, 5.41) is 7.70. The van der Waals surface area contributed by atoms with E-state index in [9.17, 15) is 4.79 Å². The van der Waals surface area contributed by atoms with Crippen LogP contribution in [0.25, 0.3) is 0 Å². The number of aromatic nitrogens is 3. The van der Waals surface area contributed by atoms with Gasteiger partial charge in [-0.25, -0.2) is 9.48 Å². The van der Waals surface area contributed by atoms with Crippen LogP contribution >= 0.6 is 0 Å². The summed E-state index contributed by atoms with van der Waals surface area (Å²) in [6.45, 7) is 6.03. The Balaban J connectivity index is 2.16. The number of hydrogen-bond donors (Lipinski definition) is 1. The zero-order valence-corrected chi connectivity index (χ0v) is 11.8. The smallest absolute Gasteiger partial charge is 0.363 e. The lowest BCUT2D eigenvalue weighted by Crippen LogP contribution is -2.14. The van der Waals surface area contributed by atoms with Crippen molar-refractivity contribution in [2.75, 3.05) is 5.73 Å². The van der Waals surface area contributed by atoms with Gasteiger partial charge < -0.3 is 10.5 Å². The van der Waals surface area contributed by atoms with Gasteiger partial charge in [-0.1, -0.05) is 35.0 Å². The standard InChI is InChI=1S/C14H18N4O2/c1-9(2)20-14(19)12-13(15)18(17-16-12)8-11-6-4-10(3)5-7-11/h4-7,9H,8,15H2,1-3H3. The van der Waals surface area contributed by atoms with Crippen LogP contribution in [0, 0.1) is 6.92 Å². The van der Waals surface area contributed by atoms with Crippen LogP contribution in [0.5, 0.6) is 0 Å². The molecular formula is C14H18N4O2. The normalized spacial score (nSPS) is 10.8. The molecule has 0 saturated heterocycles. The van der Waals surface area contributed by atoms with Crippen molar-refractivity contribution >= 4 is 11.8 Å². The zero-order valence-electron chi connectivity index (χ0n) is 11.8. The van der Waals surface area contributed by atoms with E-state index in [-0.39, 0.29) is 17.6 Å². The Hall–Kier alpha value is -2.37. The van der Waals surface area contributed by atoms with Crippen LogP contribution in [-0.4, -0.2) is 27.1 Å². The van der Waals surface area contributed by atoms with E-state index in [4.69, 9.17) is 10.5 Å². The molecule has 2 aromatic rings. The van der Waals surface area contributed by atoms with Crippen molar-refractivity contribution in [3.8, 4) is 0 Å². The van der Waals surface area contributed by atoms with Gasteiger partial charge in [0.05, 0.1) is 12.6 Å². The summed E-state index contributed by atoms with van der Waals surface area (Å²) >= 11 is 0. The van der Waals surface area contributed by atoms with E-state index in [1.165, 1.54) is 10.2 Å². The number of carbonyl (C=O) groups is 1. The van der Waals surface area contributed by atoms with Crippen LogP contribution in [-0.2, 0) is 11.3 Å². The maximum absolute atomic E-state index is 11.8. The third kappa shape index (κ3) is 3.14. The molecule has 0 fully saturated rings. The van der Waals surface area contributed by atoms with Crippen molar-refractivity contribution < 1.29 is 9.53 Å². The third-order valence-electron chi connectivity index (χ3n) is 2.76. The molecule has 1 aromatic carbocycles. The molecule has 0 unspecified atom stereocenters. The van der Waals surface area contributed by atoms with Crippen molar-refractivity contribution in [2.24, 2.45) is 0 Å². The minimum absolute atomic E-state index is 0.0609. The lowest BCUT2D eigenvalue weighted by Gasteiger charge is -2.06. The number of anilines is 1. The topological polar surface area (TPSA) is 83.0 Å². The Labute approximate surface area is 117 Å². The first-order valence-corrected chi connectivity index (χ1v) is 6.43. The fourth-order valence-corrected chi connectivity index (χ4v) is 1.72. The SMILES string of the molecule is Cc1ccc(Cn2nnc(C(=O)OC(C)C)c2N)cc1. The molecule has 1 aromatic heterocycles. The average molecular weight is 274 g/mol. The Morgan fingerprint density at radius 3 is 2.60 bits per heavy atom. The number of carbonyl (C=O) groups excluding carboxylic acids is 1. The number of nitrogens with zero attached hydrogens (tertiary/aromatic N) is 3. The molecule has 6 nitrogen and oxygen atoms in total. The van der Waals surface area contributed by atoms with Gasteiger partial charge in [-0.05, 0) is 26.3 Å². The monoisotopic (exact) mass is 274 g/mol. The van der Waals surface area contributed by atoms with Gasteiger partial charge in [-0.3, -0.25) is 0 Å². The molecule has 0 saturated carbocycles. The summed E-state index contributed by atoms with van der Waals surface area (Å²) in [5.41, 5.74) is 8.18. The van der Waals surface area contributed by atoms with Crippen LogP contribution in [0.3, 0.4) is 0 Å². The van der Waals surface area contributed by atoms with E-state index in [0.29, 0.717) is 6.54 Å². The molecule has 6 heteroatoms. The number of aryl methyl sites for hydroxylation is 1. The first-order chi connectivity index (χ1) is 9.47. The molecule has 0 radical (unpaired) electrons. The van der Waals surface area contributed by atoms with Crippen molar-refractivity contribution in [3.63, 3.8) is 0 Å². The minimum Gasteiger partial charge on any atom is -0.458 e. The summed E-state index contributed by atoms with van der Waals surface area (Å²) in [6, 6.07) is 8.00. The van der Waals surface area contributed by atoms with E-state index in [1.54, 1.807) is 13.8 Å². The van der Waals surface area contributed by atoms with Gasteiger partial charge in [0.25, 0.3) is 0 Å². The predicted octanol–water partition coefficient (Wildman–Crippen LogP) is 1.78. The second-order valence-electron chi connectivity index (χ2n) is 4.92. The van der Waals surface area contributed by atoms with Gasteiger partial charge >= 0.3 is 5.97 Å². The van der Waals surface area contributed by atoms with E-state index in [0.717, 1.165) is 5.56 Å². The second-order valence-corrected chi connectivity index (χ2v) is 4.92. The summed E-state index contributed by atoms with van der Waals surface area (Å²) in [7, 11) is 0. The molecule has 0 aliphatic rings. The molecule has 0 aliphatic heterocycles. The van der Waals surface area contributed by atoms with Crippen LogP contribution in [0.4, 0.5) is 5.82 Å². The lowest BCUT2D eigenvalue weighted by molar-refractivity contribution is 0.0372. The number of esters is 1. The fraction of sp³-hybridized carbons (Fsp3) is 0.357. The van der Waals surface area contributed by atoms with Crippen LogP contribution in [0.2, 0.25) is 0 Å². The Morgan fingerprint density at radius 2 is 2.00 bits per heavy atom. The van der Waals surface area contributed by atoms with E-state index >= 15 is 0 Å². The summed E-state index contributed by atoms with van der Waals surface area (Å²) < 4.78 is 6.55. The van der Waals surface area contributed by atoms with Gasteiger partial charge in [0.2, 0.25) is 5.69 Å². The fourth-order valence-electron chi connectivity index (χ4n) is 1.72. The van der Waals surface area contributed by atoms with Gasteiger partial charge in [0, 0.05) is 0 Å². The summed E-state index contributed by atoms with van der Waals surface area (Å²) in [4.78, 5) is 11.8. The minimum atomic E-state index is -0.548. The van der Waals surface area contributed by atoms with Crippen LogP contribution in [0.1, 0.15) is 35.5 Å². The van der Waals surface area contributed by atoms with Crippen molar-refractivity contribution in [2.45, 2.75) is 33.4 Å². The number of nitrogen functional groups attached to an aromatic ring is 1. The maximum Gasteiger partial charge on any atom is 0.363 e. The number of benzene rings is 1. The van der Waals surface area contributed by atoms with Gasteiger partial charge in [0.1, 0.15) is 0 Å². The zero-order chi connectivity index (χ0) is 14.7. The number of hydrogen-bond acceptors (Lipinski definition) is 5. The quantitative estimate of drug-likeness (QED) is 0.859. The van der Waals surface area contributed by atoms with Gasteiger partial charge in [0.15, 0.2) is 5.82 Å². The highest BCUT2D eigenvalue weighted by molar-refractivity contribution is 5.91. The Kier molecular flexibility index (Phi) is 4.02. The first kappa shape index (κ1) is 14.0. The highest BCUT2D eigenvalue weighted by Gasteiger charge is 2.19. The molecule has 106 valence electrons. The average Bonchev–Trinajstić information content (AvgIpc) is 2.73. The molecule has 2 N–H and O–H groups in total. The summed E-state index contributed by atoms with van der Waals surface area (Å²) in [5.74, 6) is -0.330. The molecular weight excluding hydrogens is 256 g/mol. The molecule has 0 atom stereocenters. The molecule has 0 aliphatic carbocycles. The van der Waals surface area contributed by atoms with Crippen molar-refractivity contribution in [3.05, 3.63) is 41.1 Å². The molecule has 0 amide bonds. The largest absolute Gasteiger partial charge is 0.458 e. The second kappa shape index (κ2) is 5.73. The highest BCUT2D eigenvalue weighted by atomic mass is 16.5. The van der Waals surface area contributed by atoms with E-state index < -0.39 is 5.97 Å². The third-order valence-corrected chi connectivity index (χ3v) is 2.76. The van der Waals surface area contributed by atoms with E-state index in [2.05, 4.69) is 10.3 Å².